The van der Waals surface area contributed by atoms with Crippen molar-refractivity contribution in [2.45, 2.75) is 39.0 Å². The highest BCUT2D eigenvalue weighted by atomic mass is 31.2. The lowest BCUT2D eigenvalue weighted by Crippen LogP contribution is -2.38. The minimum absolute atomic E-state index is 0.117. The highest BCUT2D eigenvalue weighted by Gasteiger charge is 2.54. The average molecular weight is 356 g/mol. The molecule has 132 valence electrons. The first kappa shape index (κ1) is 17.9. The summed E-state index contributed by atoms with van der Waals surface area (Å²) in [5.41, 5.74) is -0.324. The summed E-state index contributed by atoms with van der Waals surface area (Å²) in [6.45, 7) is 6.04. The normalized spacial score (nSPS) is 23.7. The Hall–Kier alpha value is -1.86. The Bertz CT molecular complexity index is 727. The standard InChI is InChI=1S/C21H25O3P/c1-4-18-20(19(15(2)3)24-21(18)22)25(23,16-11-7-5-8-12-16)17-13-9-6-10-14-17/h5-15,18-20H,4H2,1-3H3/t18-,19-,20-/m1/s1. The lowest BCUT2D eigenvalue weighted by Gasteiger charge is -2.32. The van der Waals surface area contributed by atoms with Gasteiger partial charge in [0.1, 0.15) is 6.10 Å². The van der Waals surface area contributed by atoms with Crippen LogP contribution in [-0.2, 0) is 14.1 Å². The number of rotatable bonds is 5. The molecule has 3 atom stereocenters. The van der Waals surface area contributed by atoms with Crippen LogP contribution in [0.4, 0.5) is 0 Å². The Labute approximate surface area is 149 Å². The largest absolute Gasteiger partial charge is 0.461 e. The quantitative estimate of drug-likeness (QED) is 0.601. The van der Waals surface area contributed by atoms with Crippen molar-refractivity contribution in [2.24, 2.45) is 11.8 Å². The molecule has 4 heteroatoms. The van der Waals surface area contributed by atoms with Gasteiger partial charge in [0.2, 0.25) is 0 Å². The molecule has 0 N–H and O–H groups in total. The molecule has 3 nitrogen and oxygen atoms in total. The zero-order valence-electron chi connectivity index (χ0n) is 15.0. The Balaban J connectivity index is 2.24. The van der Waals surface area contributed by atoms with E-state index in [2.05, 4.69) is 0 Å². The molecule has 2 aromatic carbocycles. The van der Waals surface area contributed by atoms with E-state index in [0.717, 1.165) is 10.6 Å². The van der Waals surface area contributed by atoms with Crippen molar-refractivity contribution in [3.05, 3.63) is 60.7 Å². The van der Waals surface area contributed by atoms with Crippen molar-refractivity contribution in [3.63, 3.8) is 0 Å². The Morgan fingerprint density at radius 3 is 1.84 bits per heavy atom. The zero-order chi connectivity index (χ0) is 18.0. The molecule has 1 aliphatic rings. The van der Waals surface area contributed by atoms with Gasteiger partial charge in [0.25, 0.3) is 0 Å². The Morgan fingerprint density at radius 1 is 0.960 bits per heavy atom. The van der Waals surface area contributed by atoms with Crippen LogP contribution in [0.25, 0.3) is 0 Å². The van der Waals surface area contributed by atoms with Crippen LogP contribution < -0.4 is 10.6 Å². The smallest absolute Gasteiger partial charge is 0.310 e. The molecule has 25 heavy (non-hydrogen) atoms. The molecule has 0 amide bonds. The maximum atomic E-state index is 14.6. The molecule has 2 aromatic rings. The molecule has 0 bridgehead atoms. The topological polar surface area (TPSA) is 43.4 Å². The van der Waals surface area contributed by atoms with E-state index < -0.39 is 7.14 Å². The number of carbonyl (C=O) groups excluding carboxylic acids is 1. The van der Waals surface area contributed by atoms with Gasteiger partial charge in [0.05, 0.1) is 11.6 Å². The van der Waals surface area contributed by atoms with Crippen LogP contribution in [0.15, 0.2) is 60.7 Å². The third-order valence-electron chi connectivity index (χ3n) is 5.10. The second-order valence-electron chi connectivity index (χ2n) is 6.98. The molecule has 1 heterocycles. The second-order valence-corrected chi connectivity index (χ2v) is 9.92. The summed E-state index contributed by atoms with van der Waals surface area (Å²) in [6, 6.07) is 19.2. The van der Waals surface area contributed by atoms with Crippen LogP contribution in [0.3, 0.4) is 0 Å². The molecule has 3 rings (SSSR count). The van der Waals surface area contributed by atoms with Crippen molar-refractivity contribution in [1.29, 1.82) is 0 Å². The number of benzene rings is 2. The summed E-state index contributed by atoms with van der Waals surface area (Å²) >= 11 is 0. The highest BCUT2D eigenvalue weighted by molar-refractivity contribution is 7.79. The molecule has 0 saturated carbocycles. The van der Waals surface area contributed by atoms with E-state index in [9.17, 15) is 9.36 Å². The zero-order valence-corrected chi connectivity index (χ0v) is 15.9. The van der Waals surface area contributed by atoms with Crippen LogP contribution in [-0.4, -0.2) is 17.7 Å². The van der Waals surface area contributed by atoms with Gasteiger partial charge in [-0.3, -0.25) is 4.79 Å². The molecule has 1 fully saturated rings. The van der Waals surface area contributed by atoms with Crippen LogP contribution >= 0.6 is 7.14 Å². The Kier molecular flexibility index (Phi) is 5.15. The van der Waals surface area contributed by atoms with Crippen molar-refractivity contribution in [2.75, 3.05) is 0 Å². The van der Waals surface area contributed by atoms with Crippen molar-refractivity contribution >= 4 is 23.7 Å². The van der Waals surface area contributed by atoms with E-state index in [4.69, 9.17) is 4.74 Å². The average Bonchev–Trinajstić information content (AvgIpc) is 2.99. The molecule has 1 saturated heterocycles. The fourth-order valence-electron chi connectivity index (χ4n) is 3.85. The summed E-state index contributed by atoms with van der Waals surface area (Å²) in [6.07, 6.45) is 0.305. The van der Waals surface area contributed by atoms with Gasteiger partial charge < -0.3 is 9.30 Å². The van der Waals surface area contributed by atoms with Crippen LogP contribution in [0.2, 0.25) is 0 Å². The molecule has 0 unspecified atom stereocenters. The second kappa shape index (κ2) is 7.17. The predicted octanol–water partition coefficient (Wildman–Crippen LogP) is 3.98. The van der Waals surface area contributed by atoms with E-state index in [1.165, 1.54) is 0 Å². The van der Waals surface area contributed by atoms with E-state index in [1.54, 1.807) is 0 Å². The number of carbonyl (C=O) groups is 1. The third-order valence-corrected chi connectivity index (χ3v) is 8.72. The summed E-state index contributed by atoms with van der Waals surface area (Å²) in [4.78, 5) is 12.5. The lowest BCUT2D eigenvalue weighted by molar-refractivity contribution is -0.145. The van der Waals surface area contributed by atoms with Crippen molar-refractivity contribution in [1.82, 2.24) is 0 Å². The first-order valence-corrected chi connectivity index (χ1v) is 10.7. The van der Waals surface area contributed by atoms with E-state index in [0.29, 0.717) is 6.42 Å². The number of cyclic esters (lactones) is 1. The number of esters is 1. The van der Waals surface area contributed by atoms with Crippen LogP contribution in [0.1, 0.15) is 27.2 Å². The maximum Gasteiger partial charge on any atom is 0.310 e. The summed E-state index contributed by atoms with van der Waals surface area (Å²) in [5.74, 6) is -0.428. The molecule has 0 aliphatic carbocycles. The SMILES string of the molecule is CC[C@H]1C(=O)O[C@H](C(C)C)[C@@H]1P(=O)(c1ccccc1)c1ccccc1. The molecular weight excluding hydrogens is 331 g/mol. The van der Waals surface area contributed by atoms with E-state index in [-0.39, 0.29) is 29.6 Å². The number of hydrogen-bond acceptors (Lipinski definition) is 3. The van der Waals surface area contributed by atoms with Gasteiger partial charge in [-0.1, -0.05) is 81.4 Å². The van der Waals surface area contributed by atoms with E-state index in [1.807, 2.05) is 81.4 Å². The monoisotopic (exact) mass is 356 g/mol. The summed E-state index contributed by atoms with van der Waals surface area (Å²) in [7, 11) is -3.04. The van der Waals surface area contributed by atoms with Gasteiger partial charge in [-0.25, -0.2) is 0 Å². The molecule has 1 aliphatic heterocycles. The molecule has 0 radical (unpaired) electrons. The van der Waals surface area contributed by atoms with Gasteiger partial charge in [-0.15, -0.1) is 0 Å². The van der Waals surface area contributed by atoms with Crippen LogP contribution in [0.5, 0.6) is 0 Å². The number of hydrogen-bond donors (Lipinski definition) is 0. The van der Waals surface area contributed by atoms with Gasteiger partial charge in [0, 0.05) is 10.6 Å². The van der Waals surface area contributed by atoms with Crippen LogP contribution in [0, 0.1) is 11.8 Å². The lowest BCUT2D eigenvalue weighted by atomic mass is 9.96. The van der Waals surface area contributed by atoms with E-state index >= 15 is 0 Å². The first-order valence-electron chi connectivity index (χ1n) is 8.91. The van der Waals surface area contributed by atoms with Gasteiger partial charge in [-0.2, -0.15) is 0 Å². The number of ether oxygens (including phenoxy) is 1. The third kappa shape index (κ3) is 3.06. The van der Waals surface area contributed by atoms with Crippen molar-refractivity contribution in [3.8, 4) is 0 Å². The molecular formula is C21H25O3P. The summed E-state index contributed by atoms with van der Waals surface area (Å²) in [5, 5.41) is 1.60. The predicted molar refractivity (Wildman–Crippen MR) is 102 cm³/mol. The molecule has 0 aromatic heterocycles. The first-order chi connectivity index (χ1) is 12.0. The minimum atomic E-state index is -3.04. The van der Waals surface area contributed by atoms with Gasteiger partial charge >= 0.3 is 5.97 Å². The van der Waals surface area contributed by atoms with Gasteiger partial charge in [-0.05, 0) is 12.3 Å². The van der Waals surface area contributed by atoms with Gasteiger partial charge in [0.15, 0.2) is 7.14 Å². The molecule has 0 spiro atoms. The fourth-order valence-corrected chi connectivity index (χ4v) is 7.73. The summed E-state index contributed by atoms with van der Waals surface area (Å²) < 4.78 is 20.3. The highest BCUT2D eigenvalue weighted by Crippen LogP contribution is 2.57. The van der Waals surface area contributed by atoms with Crippen molar-refractivity contribution < 1.29 is 14.1 Å². The Morgan fingerprint density at radius 2 is 1.44 bits per heavy atom. The minimum Gasteiger partial charge on any atom is -0.461 e. The maximum absolute atomic E-state index is 14.6. The fraction of sp³-hybridized carbons (Fsp3) is 0.381.